The van der Waals surface area contributed by atoms with Crippen molar-refractivity contribution in [2.45, 2.75) is 78.6 Å². The van der Waals surface area contributed by atoms with Crippen LogP contribution in [0.15, 0.2) is 40.6 Å². The van der Waals surface area contributed by atoms with Gasteiger partial charge in [0.1, 0.15) is 0 Å². The SMILES string of the molecule is C=[C](N1C(=O)OCC1c1ccccc1)[Sn]([CH2]CCC)([CH2]CCC)[CH2]CCC. The molecule has 4 heteroatoms. The van der Waals surface area contributed by atoms with Crippen LogP contribution in [0.25, 0.3) is 0 Å². The van der Waals surface area contributed by atoms with Crippen molar-refractivity contribution in [3.8, 4) is 0 Å². The number of unbranched alkanes of at least 4 members (excludes halogenated alkanes) is 3. The summed E-state index contributed by atoms with van der Waals surface area (Å²) in [5.41, 5.74) is 1.16. The summed E-state index contributed by atoms with van der Waals surface area (Å²) in [6.07, 6.45) is 7.27. The summed E-state index contributed by atoms with van der Waals surface area (Å²) >= 11 is -2.74. The predicted octanol–water partition coefficient (Wildman–Crippen LogP) is 7.08. The maximum absolute atomic E-state index is 12.7. The van der Waals surface area contributed by atoms with Crippen LogP contribution in [0.5, 0.6) is 0 Å². The Morgan fingerprint density at radius 2 is 1.56 bits per heavy atom. The zero-order valence-corrected chi connectivity index (χ0v) is 20.4. The zero-order valence-electron chi connectivity index (χ0n) is 17.5. The Morgan fingerprint density at radius 3 is 2.04 bits per heavy atom. The van der Waals surface area contributed by atoms with E-state index in [0.29, 0.717) is 6.61 Å². The van der Waals surface area contributed by atoms with Crippen LogP contribution in [0.3, 0.4) is 0 Å². The molecule has 3 nitrogen and oxygen atoms in total. The standard InChI is InChI=1S/C11H10NO2.3C4H9.Sn/c1-2-12-10(8-14-11(12)13)9-6-4-3-5-7-9;3*1-3-4-2;/h3-7,10H,1,8H2;3*1,3-4H2,2H3;. The van der Waals surface area contributed by atoms with E-state index in [-0.39, 0.29) is 12.1 Å². The Hall–Kier alpha value is -0.971. The Labute approximate surface area is 170 Å². The third-order valence-electron chi connectivity index (χ3n) is 5.99. The minimum atomic E-state index is -2.74. The van der Waals surface area contributed by atoms with E-state index in [1.165, 1.54) is 55.5 Å². The molecule has 0 N–H and O–H groups in total. The molecule has 1 atom stereocenters. The van der Waals surface area contributed by atoms with Crippen molar-refractivity contribution >= 4 is 24.5 Å². The summed E-state index contributed by atoms with van der Waals surface area (Å²) in [6, 6.07) is 10.3. The monoisotopic (exact) mass is 479 g/mol. The molecule has 0 saturated carbocycles. The maximum atomic E-state index is 12.7. The van der Waals surface area contributed by atoms with Gasteiger partial charge in [0.2, 0.25) is 0 Å². The average molecular weight is 478 g/mol. The zero-order chi connectivity index (χ0) is 19.7. The van der Waals surface area contributed by atoms with Crippen molar-refractivity contribution < 1.29 is 9.53 Å². The first-order valence-electron chi connectivity index (χ1n) is 10.8. The normalized spacial score (nSPS) is 17.2. The molecule has 0 radical (unpaired) electrons. The molecule has 2 rings (SSSR count). The van der Waals surface area contributed by atoms with Crippen LogP contribution in [-0.2, 0) is 4.74 Å². The molecule has 0 aromatic heterocycles. The summed E-state index contributed by atoms with van der Waals surface area (Å²) < 4.78 is 10.7. The molecule has 1 aliphatic heterocycles. The van der Waals surface area contributed by atoms with Crippen LogP contribution in [0.2, 0.25) is 13.3 Å². The molecule has 0 spiro atoms. The fraction of sp³-hybridized carbons (Fsp3) is 0.609. The second-order valence-corrected chi connectivity index (χ2v) is 21.1. The Morgan fingerprint density at radius 1 is 1.04 bits per heavy atom. The molecule has 1 amide bonds. The van der Waals surface area contributed by atoms with Crippen molar-refractivity contribution in [1.82, 2.24) is 4.90 Å². The number of rotatable bonds is 12. The summed E-state index contributed by atoms with van der Waals surface area (Å²) in [5.74, 6) is 0. The van der Waals surface area contributed by atoms with Crippen LogP contribution in [0.4, 0.5) is 4.79 Å². The van der Waals surface area contributed by atoms with E-state index >= 15 is 0 Å². The van der Waals surface area contributed by atoms with Gasteiger partial charge >= 0.3 is 170 Å². The van der Waals surface area contributed by atoms with E-state index in [0.717, 1.165) is 5.56 Å². The summed E-state index contributed by atoms with van der Waals surface area (Å²) in [6.45, 7) is 11.9. The van der Waals surface area contributed by atoms with Crippen LogP contribution < -0.4 is 0 Å². The molecule has 1 heterocycles. The average Bonchev–Trinajstić information content (AvgIpc) is 3.09. The van der Waals surface area contributed by atoms with E-state index in [9.17, 15) is 4.79 Å². The van der Waals surface area contributed by atoms with Gasteiger partial charge in [0, 0.05) is 0 Å². The van der Waals surface area contributed by atoms with Crippen molar-refractivity contribution in [3.05, 3.63) is 46.2 Å². The molecule has 1 saturated heterocycles. The summed E-state index contributed by atoms with van der Waals surface area (Å²) in [5, 5.41) is 0. The first-order chi connectivity index (χ1) is 13.1. The molecule has 0 bridgehead atoms. The molecule has 0 aliphatic carbocycles. The van der Waals surface area contributed by atoms with E-state index in [1.807, 2.05) is 23.1 Å². The van der Waals surface area contributed by atoms with E-state index < -0.39 is 18.4 Å². The van der Waals surface area contributed by atoms with Crippen molar-refractivity contribution in [2.24, 2.45) is 0 Å². The third-order valence-corrected chi connectivity index (χ3v) is 21.4. The van der Waals surface area contributed by atoms with Gasteiger partial charge in [-0.15, -0.1) is 0 Å². The van der Waals surface area contributed by atoms with Gasteiger partial charge in [0.05, 0.1) is 0 Å². The molecule has 150 valence electrons. The molecule has 1 fully saturated rings. The van der Waals surface area contributed by atoms with Crippen LogP contribution >= 0.6 is 0 Å². The summed E-state index contributed by atoms with van der Waals surface area (Å²) in [4.78, 5) is 14.7. The van der Waals surface area contributed by atoms with Crippen molar-refractivity contribution in [3.63, 3.8) is 0 Å². The fourth-order valence-electron chi connectivity index (χ4n) is 4.25. The van der Waals surface area contributed by atoms with Crippen LogP contribution in [0.1, 0.15) is 70.9 Å². The van der Waals surface area contributed by atoms with Gasteiger partial charge in [0.25, 0.3) is 0 Å². The second-order valence-electron chi connectivity index (χ2n) is 7.91. The Kier molecular flexibility index (Phi) is 9.20. The van der Waals surface area contributed by atoms with E-state index in [2.05, 4.69) is 39.5 Å². The van der Waals surface area contributed by atoms with Gasteiger partial charge in [0.15, 0.2) is 0 Å². The fourth-order valence-corrected chi connectivity index (χ4v) is 19.8. The van der Waals surface area contributed by atoms with Gasteiger partial charge in [-0.25, -0.2) is 0 Å². The third kappa shape index (κ3) is 5.52. The van der Waals surface area contributed by atoms with Crippen molar-refractivity contribution in [1.29, 1.82) is 0 Å². The molecular weight excluding hydrogens is 441 g/mol. The molecule has 1 aromatic carbocycles. The first-order valence-corrected chi connectivity index (χ1v) is 18.3. The van der Waals surface area contributed by atoms with Gasteiger partial charge in [-0.05, 0) is 0 Å². The molecular formula is C23H37NO2Sn. The first kappa shape index (κ1) is 22.3. The Bertz CT molecular complexity index is 580. The molecule has 27 heavy (non-hydrogen) atoms. The number of nitrogens with zero attached hydrogens (tertiary/aromatic N) is 1. The second kappa shape index (κ2) is 11.1. The van der Waals surface area contributed by atoms with Crippen molar-refractivity contribution in [2.75, 3.05) is 6.61 Å². The number of hydrogen-bond donors (Lipinski definition) is 0. The quantitative estimate of drug-likeness (QED) is 0.301. The number of hydrogen-bond acceptors (Lipinski definition) is 2. The number of carbonyl (C=O) groups is 1. The summed E-state index contributed by atoms with van der Waals surface area (Å²) in [7, 11) is 0. The number of carbonyl (C=O) groups excluding carboxylic acids is 1. The molecule has 1 aliphatic rings. The van der Waals surface area contributed by atoms with Gasteiger partial charge in [-0.1, -0.05) is 0 Å². The van der Waals surface area contributed by atoms with Gasteiger partial charge in [-0.2, -0.15) is 0 Å². The predicted molar refractivity (Wildman–Crippen MR) is 116 cm³/mol. The number of cyclic esters (lactones) is 1. The van der Waals surface area contributed by atoms with E-state index in [1.54, 1.807) is 0 Å². The minimum absolute atomic E-state index is 0.00726. The molecule has 1 aromatic rings. The topological polar surface area (TPSA) is 29.5 Å². The van der Waals surface area contributed by atoms with E-state index in [4.69, 9.17) is 4.74 Å². The number of benzene rings is 1. The Balaban J connectivity index is 2.35. The van der Waals surface area contributed by atoms with Gasteiger partial charge < -0.3 is 0 Å². The van der Waals surface area contributed by atoms with Gasteiger partial charge in [-0.3, -0.25) is 0 Å². The van der Waals surface area contributed by atoms with Crippen LogP contribution in [0, 0.1) is 0 Å². The molecule has 1 unspecified atom stereocenters. The number of ether oxygens (including phenoxy) is 1. The van der Waals surface area contributed by atoms with Crippen LogP contribution in [-0.4, -0.2) is 36.0 Å². The number of amides is 1.